The maximum Gasteiger partial charge on any atom is 0.339 e. The Balaban J connectivity index is 1.32. The zero-order valence-electron chi connectivity index (χ0n) is 25.5. The van der Waals surface area contributed by atoms with E-state index in [0.717, 1.165) is 22.3 Å². The second-order valence-corrected chi connectivity index (χ2v) is 11.9. The van der Waals surface area contributed by atoms with Crippen LogP contribution in [0.1, 0.15) is 21.5 Å². The van der Waals surface area contributed by atoms with Crippen LogP contribution in [0.25, 0.3) is 11.1 Å². The van der Waals surface area contributed by atoms with Crippen molar-refractivity contribution in [2.45, 2.75) is 18.7 Å². The molecule has 0 amide bonds. The highest BCUT2D eigenvalue weighted by molar-refractivity contribution is 7.85. The monoisotopic (exact) mass is 664 g/mol. The molecule has 7 N–H and O–H groups in total. The molecule has 0 saturated carbocycles. The second kappa shape index (κ2) is 13.6. The Bertz CT molecular complexity index is 2250. The van der Waals surface area contributed by atoms with Gasteiger partial charge in [-0.25, -0.2) is 4.79 Å². The van der Waals surface area contributed by atoms with Crippen LogP contribution in [0.5, 0.6) is 5.75 Å². The molecule has 0 aliphatic carbocycles. The zero-order valence-corrected chi connectivity index (χ0v) is 26.3. The lowest BCUT2D eigenvalue weighted by atomic mass is 10.0. The lowest BCUT2D eigenvalue weighted by Crippen LogP contribution is -1.96. The standard InChI is InChI=1S/C33H28N8O6S/c1-18-15-20(3-11-27(18)38-37-23-7-14-30(42)25(17-23)33(43)44)21-4-12-28(19(2)16-21)39-41-32-26(34)10-13-29(31(32)35)40-36-22-5-8-24(9-6-22)48(45,46)47/h3-17,42H,34-35H2,1-2H3,(H,43,44)(H,45,46,47). The molecular weight excluding hydrogens is 636 g/mol. The van der Waals surface area contributed by atoms with E-state index < -0.39 is 16.1 Å². The van der Waals surface area contributed by atoms with Gasteiger partial charge in [0.15, 0.2) is 0 Å². The van der Waals surface area contributed by atoms with Crippen LogP contribution in [0.3, 0.4) is 0 Å². The van der Waals surface area contributed by atoms with Crippen molar-refractivity contribution in [3.05, 3.63) is 108 Å². The fourth-order valence-corrected chi connectivity index (χ4v) is 4.96. The average molecular weight is 665 g/mol. The fourth-order valence-electron chi connectivity index (χ4n) is 4.48. The van der Waals surface area contributed by atoms with E-state index in [1.54, 1.807) is 18.2 Å². The van der Waals surface area contributed by atoms with E-state index in [1.165, 1.54) is 42.5 Å². The van der Waals surface area contributed by atoms with Crippen LogP contribution in [-0.2, 0) is 10.1 Å². The van der Waals surface area contributed by atoms with Gasteiger partial charge in [-0.2, -0.15) is 28.9 Å². The molecule has 0 aliphatic rings. The van der Waals surface area contributed by atoms with Gasteiger partial charge in [-0.15, -0.1) is 10.2 Å². The van der Waals surface area contributed by atoms with Crippen LogP contribution >= 0.6 is 0 Å². The summed E-state index contributed by atoms with van der Waals surface area (Å²) in [6, 6.07) is 23.6. The van der Waals surface area contributed by atoms with Gasteiger partial charge in [0, 0.05) is 0 Å². The Morgan fingerprint density at radius 1 is 0.646 bits per heavy atom. The molecule has 0 saturated heterocycles. The van der Waals surface area contributed by atoms with Gasteiger partial charge in [-0.05, 0) is 115 Å². The van der Waals surface area contributed by atoms with Gasteiger partial charge in [-0.1, -0.05) is 12.1 Å². The smallest absolute Gasteiger partial charge is 0.339 e. The fraction of sp³-hybridized carbons (Fsp3) is 0.0606. The number of carbonyl (C=O) groups is 1. The number of carboxylic acids is 1. The number of phenols is 1. The summed E-state index contributed by atoms with van der Waals surface area (Å²) in [5.74, 6) is -1.61. The summed E-state index contributed by atoms with van der Waals surface area (Å²) < 4.78 is 31.6. The number of hydrogen-bond acceptors (Lipinski definition) is 12. The third kappa shape index (κ3) is 7.55. The average Bonchev–Trinajstić information content (AvgIpc) is 3.04. The molecule has 0 heterocycles. The Labute approximate surface area is 274 Å². The lowest BCUT2D eigenvalue weighted by Gasteiger charge is -2.09. The first-order valence-electron chi connectivity index (χ1n) is 14.1. The van der Waals surface area contributed by atoms with Gasteiger partial charge >= 0.3 is 5.97 Å². The minimum atomic E-state index is -4.32. The molecule has 5 aromatic carbocycles. The molecule has 0 spiro atoms. The summed E-state index contributed by atoms with van der Waals surface area (Å²) >= 11 is 0. The molecule has 48 heavy (non-hydrogen) atoms. The molecule has 5 aromatic rings. The van der Waals surface area contributed by atoms with E-state index in [4.69, 9.17) is 16.0 Å². The highest BCUT2D eigenvalue weighted by Crippen LogP contribution is 2.39. The van der Waals surface area contributed by atoms with Crippen molar-refractivity contribution in [3.63, 3.8) is 0 Å². The summed E-state index contributed by atoms with van der Waals surface area (Å²) in [5.41, 5.74) is 18.4. The van der Waals surface area contributed by atoms with Crippen molar-refractivity contribution in [1.29, 1.82) is 0 Å². The maximum atomic E-state index is 11.3. The number of benzene rings is 5. The second-order valence-electron chi connectivity index (χ2n) is 10.5. The molecule has 14 nitrogen and oxygen atoms in total. The van der Waals surface area contributed by atoms with E-state index in [1.807, 2.05) is 44.2 Å². The van der Waals surface area contributed by atoms with Crippen LogP contribution in [0, 0.1) is 13.8 Å². The number of aromatic hydroxyl groups is 1. The predicted octanol–water partition coefficient (Wildman–Crippen LogP) is 9.03. The van der Waals surface area contributed by atoms with Crippen molar-refractivity contribution in [3.8, 4) is 16.9 Å². The third-order valence-corrected chi connectivity index (χ3v) is 7.97. The van der Waals surface area contributed by atoms with Crippen LogP contribution < -0.4 is 11.5 Å². The topological polar surface area (TPSA) is 238 Å². The molecule has 5 rings (SSSR count). The summed E-state index contributed by atoms with van der Waals surface area (Å²) in [7, 11) is -4.32. The molecule has 0 bridgehead atoms. The Hall–Kier alpha value is -6.32. The van der Waals surface area contributed by atoms with Crippen molar-refractivity contribution >= 4 is 61.6 Å². The third-order valence-electron chi connectivity index (χ3n) is 7.10. The molecule has 0 aromatic heterocycles. The quantitative estimate of drug-likeness (QED) is 0.0577. The van der Waals surface area contributed by atoms with E-state index >= 15 is 0 Å². The number of aromatic carboxylic acids is 1. The van der Waals surface area contributed by atoms with Gasteiger partial charge < -0.3 is 21.7 Å². The lowest BCUT2D eigenvalue weighted by molar-refractivity contribution is 0.0693. The van der Waals surface area contributed by atoms with Gasteiger partial charge in [0.25, 0.3) is 10.1 Å². The van der Waals surface area contributed by atoms with Gasteiger partial charge in [0.2, 0.25) is 0 Å². The number of rotatable bonds is 9. The number of nitrogens with two attached hydrogens (primary N) is 2. The molecule has 242 valence electrons. The first-order valence-corrected chi connectivity index (χ1v) is 15.5. The number of hydrogen-bond donors (Lipinski definition) is 5. The van der Waals surface area contributed by atoms with E-state index in [9.17, 15) is 23.4 Å². The summed E-state index contributed by atoms with van der Waals surface area (Å²) in [5, 5.41) is 44.1. The summed E-state index contributed by atoms with van der Waals surface area (Å²) in [6.45, 7) is 3.77. The molecule has 0 aliphatic heterocycles. The molecule has 0 atom stereocenters. The Morgan fingerprint density at radius 2 is 1.17 bits per heavy atom. The van der Waals surface area contributed by atoms with E-state index in [0.29, 0.717) is 22.7 Å². The Morgan fingerprint density at radius 3 is 1.73 bits per heavy atom. The van der Waals surface area contributed by atoms with E-state index in [2.05, 4.69) is 30.7 Å². The van der Waals surface area contributed by atoms with Crippen LogP contribution in [-0.4, -0.2) is 29.2 Å². The predicted molar refractivity (Wildman–Crippen MR) is 180 cm³/mol. The molecular formula is C33H28N8O6S. The largest absolute Gasteiger partial charge is 0.507 e. The van der Waals surface area contributed by atoms with Gasteiger partial charge in [0.1, 0.15) is 22.7 Å². The maximum absolute atomic E-state index is 11.3. The van der Waals surface area contributed by atoms with Gasteiger partial charge in [0.05, 0.1) is 39.0 Å². The van der Waals surface area contributed by atoms with Crippen molar-refractivity contribution in [2.75, 3.05) is 11.5 Å². The number of nitrogens with zero attached hydrogens (tertiary/aromatic N) is 6. The van der Waals surface area contributed by atoms with Crippen molar-refractivity contribution in [1.82, 2.24) is 0 Å². The number of azo groups is 3. The number of nitrogen functional groups attached to an aromatic ring is 2. The van der Waals surface area contributed by atoms with Crippen LogP contribution in [0.4, 0.5) is 45.5 Å². The minimum Gasteiger partial charge on any atom is -0.507 e. The van der Waals surface area contributed by atoms with Crippen LogP contribution in [0.15, 0.2) is 127 Å². The number of anilines is 2. The zero-order chi connectivity index (χ0) is 34.6. The number of aryl methyl sites for hydroxylation is 2. The van der Waals surface area contributed by atoms with Crippen molar-refractivity contribution < 1.29 is 28.0 Å². The Kier molecular flexibility index (Phi) is 9.35. The first kappa shape index (κ1) is 33.1. The van der Waals surface area contributed by atoms with Crippen LogP contribution in [0.2, 0.25) is 0 Å². The SMILES string of the molecule is Cc1cc(-c2ccc(N=Nc3c(N)ccc(N=Nc4ccc(S(=O)(=O)O)cc4)c3N)c(C)c2)ccc1N=Nc1ccc(O)c(C(=O)O)c1. The van der Waals surface area contributed by atoms with Gasteiger partial charge in [-0.3, -0.25) is 4.55 Å². The summed E-state index contributed by atoms with van der Waals surface area (Å²) in [4.78, 5) is 11.0. The molecule has 15 heteroatoms. The van der Waals surface area contributed by atoms with E-state index in [-0.39, 0.29) is 39.0 Å². The highest BCUT2D eigenvalue weighted by Gasteiger charge is 2.12. The first-order chi connectivity index (χ1) is 22.8. The highest BCUT2D eigenvalue weighted by atomic mass is 32.2. The summed E-state index contributed by atoms with van der Waals surface area (Å²) in [6.07, 6.45) is 0. The molecule has 0 unspecified atom stereocenters. The normalized spacial score (nSPS) is 12.0. The molecule has 0 radical (unpaired) electrons. The van der Waals surface area contributed by atoms with Crippen molar-refractivity contribution in [2.24, 2.45) is 30.7 Å². The molecule has 0 fully saturated rings. The minimum absolute atomic E-state index is 0.145. The number of carboxylic acid groups (broad SMARTS) is 1.